The molecule has 0 saturated carbocycles. The van der Waals surface area contributed by atoms with Crippen LogP contribution in [0.4, 0.5) is 10.5 Å². The van der Waals surface area contributed by atoms with Crippen LogP contribution in [0, 0.1) is 0 Å². The molecule has 1 saturated heterocycles. The highest BCUT2D eigenvalue weighted by Gasteiger charge is 2.39. The van der Waals surface area contributed by atoms with Crippen LogP contribution in [-0.4, -0.2) is 29.9 Å². The van der Waals surface area contributed by atoms with Gasteiger partial charge in [0.05, 0.1) is 10.0 Å². The third-order valence-electron chi connectivity index (χ3n) is 5.15. The number of anilines is 1. The molecular weight excluding hydrogens is 381 g/mol. The molecule has 140 valence electrons. The Bertz CT molecular complexity index is 861. The molecule has 0 N–H and O–H groups in total. The van der Waals surface area contributed by atoms with Crippen LogP contribution in [0.25, 0.3) is 0 Å². The number of hydrogen-bond donors (Lipinski definition) is 0. The Balaban J connectivity index is 1.76. The Hall–Kier alpha value is -2.04. The van der Waals surface area contributed by atoms with Crippen LogP contribution in [-0.2, 0) is 0 Å². The molecule has 2 aromatic carbocycles. The third-order valence-corrected chi connectivity index (χ3v) is 5.88. The number of aliphatic imine (C=N–C) groups is 1. The van der Waals surface area contributed by atoms with E-state index in [-0.39, 0.29) is 12.1 Å². The van der Waals surface area contributed by atoms with Crippen molar-refractivity contribution in [2.45, 2.75) is 31.7 Å². The summed E-state index contributed by atoms with van der Waals surface area (Å²) in [5.41, 5.74) is 1.74. The van der Waals surface area contributed by atoms with Crippen LogP contribution < -0.4 is 4.90 Å². The van der Waals surface area contributed by atoms with Gasteiger partial charge in [-0.25, -0.2) is 4.79 Å². The molecule has 1 atom stereocenters. The first-order valence-corrected chi connectivity index (χ1v) is 10.1. The lowest BCUT2D eigenvalue weighted by molar-refractivity contribution is 0.255. The molecule has 0 aliphatic carbocycles. The molecule has 6 heteroatoms. The molecular formula is C21H21Cl2N3O. The summed E-state index contributed by atoms with van der Waals surface area (Å²) in [6.45, 7) is 1.87. The first-order chi connectivity index (χ1) is 13.1. The second kappa shape index (κ2) is 7.91. The number of carbonyl (C=O) groups is 1. The van der Waals surface area contributed by atoms with Gasteiger partial charge < -0.3 is 4.90 Å². The molecule has 0 aromatic heterocycles. The summed E-state index contributed by atoms with van der Waals surface area (Å²) < 4.78 is 0. The van der Waals surface area contributed by atoms with E-state index in [9.17, 15) is 4.79 Å². The van der Waals surface area contributed by atoms with Gasteiger partial charge in [0.15, 0.2) is 0 Å². The topological polar surface area (TPSA) is 35.9 Å². The maximum absolute atomic E-state index is 12.9. The zero-order chi connectivity index (χ0) is 18.8. The van der Waals surface area contributed by atoms with Gasteiger partial charge in [-0.2, -0.15) is 4.99 Å². The largest absolute Gasteiger partial charge is 0.358 e. The van der Waals surface area contributed by atoms with Crippen molar-refractivity contribution < 1.29 is 4.79 Å². The maximum atomic E-state index is 12.9. The minimum atomic E-state index is -0.263. The second-order valence-corrected chi connectivity index (χ2v) is 7.75. The molecule has 2 aliphatic rings. The van der Waals surface area contributed by atoms with Gasteiger partial charge in [-0.15, -0.1) is 0 Å². The SMILES string of the molecule is O=C1N=C(N2CCCCCC2)C(c2ccccc2)N1c1ccc(Cl)c(Cl)c1. The van der Waals surface area contributed by atoms with Gasteiger partial charge >= 0.3 is 6.03 Å². The normalized spacial score (nSPS) is 20.6. The van der Waals surface area contributed by atoms with E-state index in [1.807, 2.05) is 36.4 Å². The average Bonchev–Trinajstić information content (AvgIpc) is 2.85. The van der Waals surface area contributed by atoms with Gasteiger partial charge in [-0.05, 0) is 36.6 Å². The number of halogens is 2. The number of benzene rings is 2. The van der Waals surface area contributed by atoms with Crippen LogP contribution in [0.15, 0.2) is 53.5 Å². The fraction of sp³-hybridized carbons (Fsp3) is 0.333. The smallest absolute Gasteiger partial charge is 0.350 e. The molecule has 0 radical (unpaired) electrons. The van der Waals surface area contributed by atoms with Crippen molar-refractivity contribution in [3.63, 3.8) is 0 Å². The first kappa shape index (κ1) is 18.3. The highest BCUT2D eigenvalue weighted by molar-refractivity contribution is 6.42. The lowest BCUT2D eigenvalue weighted by atomic mass is 10.0. The standard InChI is InChI=1S/C21H21Cl2N3O/c22-17-11-10-16(14-18(17)23)26-19(15-8-4-3-5-9-15)20(24-21(26)27)25-12-6-1-2-7-13-25/h3-5,8-11,14,19H,1-2,6-7,12-13H2. The Morgan fingerprint density at radius 3 is 2.26 bits per heavy atom. The molecule has 4 rings (SSSR count). The van der Waals surface area contributed by atoms with Crippen LogP contribution in [0.1, 0.15) is 37.3 Å². The van der Waals surface area contributed by atoms with Crippen LogP contribution in [0.3, 0.4) is 0 Å². The molecule has 0 bridgehead atoms. The van der Waals surface area contributed by atoms with Crippen molar-refractivity contribution in [2.24, 2.45) is 4.99 Å². The average molecular weight is 402 g/mol. The van der Waals surface area contributed by atoms with Crippen LogP contribution in [0.5, 0.6) is 0 Å². The van der Waals surface area contributed by atoms with Crippen molar-refractivity contribution in [1.82, 2.24) is 4.90 Å². The van der Waals surface area contributed by atoms with Gasteiger partial charge in [0, 0.05) is 18.8 Å². The summed E-state index contributed by atoms with van der Waals surface area (Å²) in [5, 5.41) is 0.897. The lowest BCUT2D eigenvalue weighted by Crippen LogP contribution is -2.39. The van der Waals surface area contributed by atoms with Crippen molar-refractivity contribution in [2.75, 3.05) is 18.0 Å². The van der Waals surface area contributed by atoms with Gasteiger partial charge in [0.1, 0.15) is 11.9 Å². The van der Waals surface area contributed by atoms with Crippen LogP contribution in [0.2, 0.25) is 10.0 Å². The van der Waals surface area contributed by atoms with Gasteiger partial charge in [0.2, 0.25) is 0 Å². The molecule has 2 aliphatic heterocycles. The van der Waals surface area contributed by atoms with Gasteiger partial charge in [0.25, 0.3) is 0 Å². The molecule has 4 nitrogen and oxygen atoms in total. The van der Waals surface area contributed by atoms with E-state index in [4.69, 9.17) is 23.2 Å². The summed E-state index contributed by atoms with van der Waals surface area (Å²) in [7, 11) is 0. The Labute approximate surface area is 169 Å². The van der Waals surface area contributed by atoms with Crippen molar-refractivity contribution >= 4 is 40.8 Å². The molecule has 0 spiro atoms. The number of hydrogen-bond acceptors (Lipinski definition) is 2. The quantitative estimate of drug-likeness (QED) is 0.622. The first-order valence-electron chi connectivity index (χ1n) is 9.32. The predicted octanol–water partition coefficient (Wildman–Crippen LogP) is 5.95. The monoisotopic (exact) mass is 401 g/mol. The van der Waals surface area contributed by atoms with E-state index in [0.717, 1.165) is 37.3 Å². The Morgan fingerprint density at radius 1 is 0.889 bits per heavy atom. The summed E-state index contributed by atoms with van der Waals surface area (Å²) in [5.74, 6) is 0.833. The second-order valence-electron chi connectivity index (χ2n) is 6.94. The van der Waals surface area contributed by atoms with E-state index >= 15 is 0 Å². The maximum Gasteiger partial charge on any atom is 0.350 e. The Kier molecular flexibility index (Phi) is 5.37. The molecule has 27 heavy (non-hydrogen) atoms. The fourth-order valence-electron chi connectivity index (χ4n) is 3.81. The number of urea groups is 1. The molecule has 1 unspecified atom stereocenters. The van der Waals surface area contributed by atoms with Crippen molar-refractivity contribution in [3.05, 3.63) is 64.1 Å². The number of amidine groups is 1. The Morgan fingerprint density at radius 2 is 1.59 bits per heavy atom. The molecule has 2 heterocycles. The zero-order valence-corrected chi connectivity index (χ0v) is 16.5. The van der Waals surface area contributed by atoms with E-state index in [1.54, 1.807) is 17.0 Å². The van der Waals surface area contributed by atoms with E-state index in [1.165, 1.54) is 12.8 Å². The minimum absolute atomic E-state index is 0.256. The zero-order valence-electron chi connectivity index (χ0n) is 14.9. The molecule has 1 fully saturated rings. The summed E-state index contributed by atoms with van der Waals surface area (Å²) in [6.07, 6.45) is 4.71. The number of amides is 2. The number of nitrogens with zero attached hydrogens (tertiary/aromatic N) is 3. The van der Waals surface area contributed by atoms with Crippen LogP contribution >= 0.6 is 23.2 Å². The van der Waals surface area contributed by atoms with Crippen molar-refractivity contribution in [1.29, 1.82) is 0 Å². The van der Waals surface area contributed by atoms with Crippen molar-refractivity contribution in [3.8, 4) is 0 Å². The van der Waals surface area contributed by atoms with Gasteiger partial charge in [-0.1, -0.05) is 66.4 Å². The highest BCUT2D eigenvalue weighted by atomic mass is 35.5. The predicted molar refractivity (Wildman–Crippen MR) is 111 cm³/mol. The lowest BCUT2D eigenvalue weighted by Gasteiger charge is -2.31. The number of likely N-dealkylation sites (tertiary alicyclic amines) is 1. The minimum Gasteiger partial charge on any atom is -0.358 e. The van der Waals surface area contributed by atoms with E-state index in [2.05, 4.69) is 9.89 Å². The third kappa shape index (κ3) is 3.69. The molecule has 2 amide bonds. The van der Waals surface area contributed by atoms with Gasteiger partial charge in [-0.3, -0.25) is 4.90 Å². The number of carbonyl (C=O) groups excluding carboxylic acids is 1. The molecule has 2 aromatic rings. The highest BCUT2D eigenvalue weighted by Crippen LogP contribution is 2.37. The van der Waals surface area contributed by atoms with E-state index in [0.29, 0.717) is 15.7 Å². The fourth-order valence-corrected chi connectivity index (χ4v) is 4.10. The van der Waals surface area contributed by atoms with E-state index < -0.39 is 0 Å². The summed E-state index contributed by atoms with van der Waals surface area (Å²) >= 11 is 12.3. The summed E-state index contributed by atoms with van der Waals surface area (Å²) in [4.78, 5) is 21.4. The summed E-state index contributed by atoms with van der Waals surface area (Å²) in [6, 6.07) is 14.8. The number of rotatable bonds is 2.